The van der Waals surface area contributed by atoms with Gasteiger partial charge in [0.25, 0.3) is 0 Å². The minimum absolute atomic E-state index is 0.0307. The second kappa shape index (κ2) is 6.60. The molecule has 0 spiro atoms. The molecule has 0 amide bonds. The Morgan fingerprint density at radius 1 is 1.31 bits per heavy atom. The predicted molar refractivity (Wildman–Crippen MR) is 74.5 cm³/mol. The maximum absolute atomic E-state index is 10.2. The number of aliphatic hydroxyl groups is 1. The summed E-state index contributed by atoms with van der Waals surface area (Å²) in [5.74, 6) is 0.599. The molecule has 1 atom stereocenters. The van der Waals surface area contributed by atoms with Gasteiger partial charge in [-0.25, -0.2) is 0 Å². The molecule has 16 heavy (non-hydrogen) atoms. The predicted octanol–water partition coefficient (Wildman–Crippen LogP) is 4.21. The lowest BCUT2D eigenvalue weighted by Crippen LogP contribution is -2.29. The van der Waals surface area contributed by atoms with Gasteiger partial charge in [0, 0.05) is 0 Å². The summed E-state index contributed by atoms with van der Waals surface area (Å²) in [6.45, 7) is 8.65. The number of hydrogen-bond acceptors (Lipinski definition) is 1. The van der Waals surface area contributed by atoms with Gasteiger partial charge in [-0.3, -0.25) is 0 Å². The molecule has 1 aliphatic rings. The van der Waals surface area contributed by atoms with Crippen LogP contribution >= 0.6 is 0 Å². The smallest absolute Gasteiger partial charge is 0.0565 e. The van der Waals surface area contributed by atoms with Crippen LogP contribution in [0.2, 0.25) is 25.2 Å². The van der Waals surface area contributed by atoms with Crippen molar-refractivity contribution >= 4 is 8.07 Å². The zero-order chi connectivity index (χ0) is 12.0. The van der Waals surface area contributed by atoms with Crippen molar-refractivity contribution in [2.45, 2.75) is 69.8 Å². The molecule has 0 radical (unpaired) electrons. The highest BCUT2D eigenvalue weighted by Gasteiger charge is 2.25. The van der Waals surface area contributed by atoms with Crippen LogP contribution in [0.5, 0.6) is 0 Å². The van der Waals surface area contributed by atoms with Crippen LogP contribution in [0.4, 0.5) is 0 Å². The van der Waals surface area contributed by atoms with Crippen molar-refractivity contribution < 1.29 is 5.11 Å². The second-order valence-electron chi connectivity index (χ2n) is 6.16. The summed E-state index contributed by atoms with van der Waals surface area (Å²) >= 11 is 0. The van der Waals surface area contributed by atoms with Crippen LogP contribution in [0, 0.1) is 5.92 Å². The maximum atomic E-state index is 10.2. The Morgan fingerprint density at radius 3 is 2.50 bits per heavy atom. The van der Waals surface area contributed by atoms with E-state index in [1.807, 2.05) is 0 Å². The van der Waals surface area contributed by atoms with Crippen LogP contribution in [0.15, 0.2) is 12.7 Å². The van der Waals surface area contributed by atoms with E-state index in [9.17, 15) is 5.11 Å². The van der Waals surface area contributed by atoms with Gasteiger partial charge < -0.3 is 5.11 Å². The molecule has 1 N–H and O–H groups in total. The first kappa shape index (κ1) is 14.0. The van der Waals surface area contributed by atoms with E-state index in [2.05, 4.69) is 25.7 Å². The van der Waals surface area contributed by atoms with Crippen molar-refractivity contribution in [2.24, 2.45) is 5.92 Å². The average Bonchev–Trinajstić information content (AvgIpc) is 2.27. The van der Waals surface area contributed by atoms with Crippen molar-refractivity contribution in [3.05, 3.63) is 12.7 Å². The van der Waals surface area contributed by atoms with E-state index < -0.39 is 8.07 Å². The zero-order valence-corrected chi connectivity index (χ0v) is 12.0. The highest BCUT2D eigenvalue weighted by Crippen LogP contribution is 2.30. The van der Waals surface area contributed by atoms with Crippen LogP contribution in [0.25, 0.3) is 0 Å². The molecule has 1 nitrogen and oxygen atoms in total. The lowest BCUT2D eigenvalue weighted by molar-refractivity contribution is 0.0812. The number of hydrogen-bond donors (Lipinski definition) is 1. The van der Waals surface area contributed by atoms with E-state index in [-0.39, 0.29) is 6.10 Å². The van der Waals surface area contributed by atoms with Gasteiger partial charge in [0.1, 0.15) is 0 Å². The largest absolute Gasteiger partial charge is 0.393 e. The lowest BCUT2D eigenvalue weighted by Gasteiger charge is -2.29. The molecule has 94 valence electrons. The SMILES string of the molecule is C=CC[Si](C)(C)CCC(O)C1CCCCC1. The third kappa shape index (κ3) is 4.83. The molecule has 1 aliphatic carbocycles. The fourth-order valence-electron chi connectivity index (χ4n) is 2.79. The van der Waals surface area contributed by atoms with Gasteiger partial charge in [0.2, 0.25) is 0 Å². The van der Waals surface area contributed by atoms with Gasteiger partial charge in [0.05, 0.1) is 14.2 Å². The Kier molecular flexibility index (Phi) is 5.77. The molecule has 0 saturated heterocycles. The van der Waals surface area contributed by atoms with Crippen LogP contribution in [0.3, 0.4) is 0 Å². The molecule has 0 aromatic rings. The molecule has 1 saturated carbocycles. The minimum atomic E-state index is -1.11. The summed E-state index contributed by atoms with van der Waals surface area (Å²) in [6.07, 6.45) is 9.59. The summed E-state index contributed by atoms with van der Waals surface area (Å²) in [6, 6.07) is 2.43. The fourth-order valence-corrected chi connectivity index (χ4v) is 4.85. The van der Waals surface area contributed by atoms with Crippen LogP contribution in [-0.4, -0.2) is 19.3 Å². The molecule has 1 rings (SSSR count). The molecule has 0 bridgehead atoms. The van der Waals surface area contributed by atoms with Crippen molar-refractivity contribution in [1.82, 2.24) is 0 Å². The van der Waals surface area contributed by atoms with E-state index in [0.717, 1.165) is 6.42 Å². The summed E-state index contributed by atoms with van der Waals surface area (Å²) in [4.78, 5) is 0. The summed E-state index contributed by atoms with van der Waals surface area (Å²) in [5, 5.41) is 10.2. The normalized spacial score (nSPS) is 20.7. The second-order valence-corrected chi connectivity index (χ2v) is 11.4. The van der Waals surface area contributed by atoms with Gasteiger partial charge in [-0.1, -0.05) is 44.5 Å². The fraction of sp³-hybridized carbons (Fsp3) is 0.857. The third-order valence-electron chi connectivity index (χ3n) is 4.01. The van der Waals surface area contributed by atoms with Crippen molar-refractivity contribution in [2.75, 3.05) is 0 Å². The Balaban J connectivity index is 2.27. The lowest BCUT2D eigenvalue weighted by atomic mass is 9.84. The standard InChI is InChI=1S/C14H28OSi/c1-4-11-16(2,3)12-10-14(15)13-8-6-5-7-9-13/h4,13-15H,1,5-12H2,2-3H3. The molecule has 0 aliphatic heterocycles. The zero-order valence-electron chi connectivity index (χ0n) is 11.0. The van der Waals surface area contributed by atoms with Crippen LogP contribution < -0.4 is 0 Å². The quantitative estimate of drug-likeness (QED) is 0.544. The number of allylic oxidation sites excluding steroid dienone is 1. The Morgan fingerprint density at radius 2 is 1.94 bits per heavy atom. The molecule has 0 heterocycles. The third-order valence-corrected chi connectivity index (χ3v) is 7.04. The Hall–Kier alpha value is -0.0831. The first-order valence-corrected chi connectivity index (χ1v) is 10.3. The highest BCUT2D eigenvalue weighted by atomic mass is 28.3. The van der Waals surface area contributed by atoms with Gasteiger partial charge in [0.15, 0.2) is 0 Å². The minimum Gasteiger partial charge on any atom is -0.393 e. The van der Waals surface area contributed by atoms with Gasteiger partial charge in [-0.15, -0.1) is 6.58 Å². The molecular formula is C14H28OSi. The van der Waals surface area contributed by atoms with E-state index >= 15 is 0 Å². The molecule has 1 fully saturated rings. The van der Waals surface area contributed by atoms with Gasteiger partial charge >= 0.3 is 0 Å². The summed E-state index contributed by atoms with van der Waals surface area (Å²) in [5.41, 5.74) is 0. The molecule has 1 unspecified atom stereocenters. The Bertz CT molecular complexity index is 207. The van der Waals surface area contributed by atoms with Crippen molar-refractivity contribution in [1.29, 1.82) is 0 Å². The first-order chi connectivity index (χ1) is 7.55. The van der Waals surface area contributed by atoms with Gasteiger partial charge in [-0.2, -0.15) is 0 Å². The van der Waals surface area contributed by atoms with E-state index in [1.54, 1.807) is 0 Å². The Labute approximate surface area is 102 Å². The topological polar surface area (TPSA) is 20.2 Å². The first-order valence-electron chi connectivity index (χ1n) is 6.84. The number of aliphatic hydroxyl groups excluding tert-OH is 1. The van der Waals surface area contributed by atoms with Crippen molar-refractivity contribution in [3.63, 3.8) is 0 Å². The highest BCUT2D eigenvalue weighted by molar-refractivity contribution is 6.77. The van der Waals surface area contributed by atoms with Gasteiger partial charge in [-0.05, 0) is 31.2 Å². The van der Waals surface area contributed by atoms with Crippen LogP contribution in [0.1, 0.15) is 38.5 Å². The summed E-state index contributed by atoms with van der Waals surface area (Å²) < 4.78 is 0. The maximum Gasteiger partial charge on any atom is 0.0565 e. The average molecular weight is 240 g/mol. The summed E-state index contributed by atoms with van der Waals surface area (Å²) in [7, 11) is -1.11. The van der Waals surface area contributed by atoms with E-state index in [4.69, 9.17) is 0 Å². The van der Waals surface area contributed by atoms with Crippen molar-refractivity contribution in [3.8, 4) is 0 Å². The molecule has 2 heteroatoms. The van der Waals surface area contributed by atoms with E-state index in [0.29, 0.717) is 5.92 Å². The van der Waals surface area contributed by atoms with Crippen LogP contribution in [-0.2, 0) is 0 Å². The monoisotopic (exact) mass is 240 g/mol. The molecule has 0 aromatic carbocycles. The number of rotatable bonds is 6. The molecule has 0 aromatic heterocycles. The molecular weight excluding hydrogens is 212 g/mol. The van der Waals surface area contributed by atoms with E-state index in [1.165, 1.54) is 44.2 Å².